The average molecular weight is 496 g/mol. The Bertz CT molecular complexity index is 1010. The van der Waals surface area contributed by atoms with Crippen molar-refractivity contribution in [3.8, 4) is 11.5 Å². The van der Waals surface area contributed by atoms with E-state index in [0.717, 1.165) is 29.8 Å². The summed E-state index contributed by atoms with van der Waals surface area (Å²) in [5, 5.41) is 0.460. The highest BCUT2D eigenvalue weighted by Gasteiger charge is 2.29. The van der Waals surface area contributed by atoms with Crippen LogP contribution in [0, 0.1) is 6.92 Å². The Kier molecular flexibility index (Phi) is 11.5. The molecule has 3 aromatic rings. The fourth-order valence-electron chi connectivity index (χ4n) is 4.68. The zero-order chi connectivity index (χ0) is 24.9. The Morgan fingerprint density at radius 2 is 1.63 bits per heavy atom. The molecule has 0 saturated carbocycles. The maximum atomic E-state index is 13.7. The highest BCUT2D eigenvalue weighted by atomic mass is 32.1. The van der Waals surface area contributed by atoms with Gasteiger partial charge in [-0.2, -0.15) is 0 Å². The number of hydrogen-bond donors (Lipinski definition) is 1. The van der Waals surface area contributed by atoms with Gasteiger partial charge in [0.05, 0.1) is 12.2 Å². The van der Waals surface area contributed by atoms with Crippen LogP contribution in [-0.4, -0.2) is 15.8 Å². The van der Waals surface area contributed by atoms with Gasteiger partial charge in [-0.15, -0.1) is 11.3 Å². The van der Waals surface area contributed by atoms with Crippen molar-refractivity contribution in [1.29, 1.82) is 0 Å². The number of pyridine rings is 1. The molecule has 3 rings (SSSR count). The summed E-state index contributed by atoms with van der Waals surface area (Å²) in [6.45, 7) is 4.16. The number of carbonyl (C=O) groups excluding carboxylic acids is 1. The van der Waals surface area contributed by atoms with Crippen molar-refractivity contribution in [2.75, 3.05) is 5.73 Å². The number of thiazole rings is 1. The molecule has 0 aliphatic rings. The lowest BCUT2D eigenvalue weighted by Crippen LogP contribution is -2.15. The van der Waals surface area contributed by atoms with Crippen LogP contribution in [0.25, 0.3) is 11.5 Å². The smallest absolute Gasteiger partial charge is 0.180 e. The van der Waals surface area contributed by atoms with Crippen LogP contribution in [-0.2, 0) is 0 Å². The third kappa shape index (κ3) is 8.31. The normalized spacial score (nSPS) is 12.2. The maximum absolute atomic E-state index is 13.7. The fourth-order valence-corrected chi connectivity index (χ4v) is 5.65. The number of ketones is 1. The second-order valence-electron chi connectivity index (χ2n) is 9.47. The first-order valence-corrected chi connectivity index (χ1v) is 14.2. The molecule has 1 atom stereocenters. The van der Waals surface area contributed by atoms with Gasteiger partial charge < -0.3 is 10.2 Å². The zero-order valence-electron chi connectivity index (χ0n) is 21.4. The van der Waals surface area contributed by atoms with E-state index in [2.05, 4.69) is 16.9 Å². The molecule has 0 radical (unpaired) electrons. The molecule has 0 saturated heterocycles. The quantitative estimate of drug-likeness (QED) is 0.149. The van der Waals surface area contributed by atoms with E-state index in [9.17, 15) is 4.79 Å². The lowest BCUT2D eigenvalue weighted by Gasteiger charge is -2.16. The van der Waals surface area contributed by atoms with E-state index >= 15 is 0 Å². The first kappa shape index (κ1) is 27.1. The monoisotopic (exact) mass is 495 g/mol. The second kappa shape index (κ2) is 14.8. The number of unbranched alkanes of at least 4 members (excludes halogenated alkanes) is 11. The molecule has 6 heteroatoms. The molecule has 190 valence electrons. The summed E-state index contributed by atoms with van der Waals surface area (Å²) >= 11 is 1.40. The number of aromatic nitrogens is 2. The van der Waals surface area contributed by atoms with Crippen LogP contribution in [0.1, 0.15) is 117 Å². The van der Waals surface area contributed by atoms with Gasteiger partial charge in [0.15, 0.2) is 16.7 Å². The van der Waals surface area contributed by atoms with Gasteiger partial charge >= 0.3 is 0 Å². The van der Waals surface area contributed by atoms with E-state index in [-0.39, 0.29) is 11.7 Å². The second-order valence-corrected chi connectivity index (χ2v) is 10.5. The Labute approximate surface area is 214 Å². The third-order valence-corrected chi connectivity index (χ3v) is 7.67. The van der Waals surface area contributed by atoms with Crippen molar-refractivity contribution < 1.29 is 9.21 Å². The first-order chi connectivity index (χ1) is 17.1. The van der Waals surface area contributed by atoms with Crippen molar-refractivity contribution in [3.05, 3.63) is 52.9 Å². The number of carbonyl (C=O) groups is 1. The van der Waals surface area contributed by atoms with Gasteiger partial charge in [0, 0.05) is 22.3 Å². The summed E-state index contributed by atoms with van der Waals surface area (Å²) in [5.41, 5.74) is 8.23. The molecule has 0 spiro atoms. The summed E-state index contributed by atoms with van der Waals surface area (Å²) in [6.07, 6.45) is 19.7. The van der Waals surface area contributed by atoms with E-state index in [1.54, 1.807) is 12.5 Å². The number of hydrogen-bond acceptors (Lipinski definition) is 6. The highest BCUT2D eigenvalue weighted by Crippen LogP contribution is 2.39. The summed E-state index contributed by atoms with van der Waals surface area (Å²) in [4.78, 5) is 23.5. The average Bonchev–Trinajstić information content (AvgIpc) is 3.52. The van der Waals surface area contributed by atoms with E-state index in [0.29, 0.717) is 22.1 Å². The largest absolute Gasteiger partial charge is 0.463 e. The topological polar surface area (TPSA) is 82.0 Å². The van der Waals surface area contributed by atoms with Crippen LogP contribution in [0.3, 0.4) is 0 Å². The van der Waals surface area contributed by atoms with Gasteiger partial charge in [0.2, 0.25) is 0 Å². The Hall–Kier alpha value is -2.47. The molecule has 3 aromatic heterocycles. The number of aryl methyl sites for hydroxylation is 1. The minimum Gasteiger partial charge on any atom is -0.463 e. The molecule has 0 fully saturated rings. The van der Waals surface area contributed by atoms with Gasteiger partial charge in [-0.25, -0.2) is 4.98 Å². The number of Topliss-reactive ketones (excluding diaryl/α,β-unsaturated/α-hetero) is 1. The van der Waals surface area contributed by atoms with Crippen molar-refractivity contribution in [2.45, 2.75) is 103 Å². The summed E-state index contributed by atoms with van der Waals surface area (Å²) in [6, 6.07) is 7.41. The van der Waals surface area contributed by atoms with Crippen molar-refractivity contribution in [1.82, 2.24) is 9.97 Å². The van der Waals surface area contributed by atoms with E-state index in [4.69, 9.17) is 10.2 Å². The predicted molar refractivity (Wildman–Crippen MR) is 146 cm³/mol. The number of nitrogens with two attached hydrogens (primary N) is 1. The number of nitrogen functional groups attached to an aromatic ring is 1. The van der Waals surface area contributed by atoms with Crippen LogP contribution in [0.4, 0.5) is 5.13 Å². The van der Waals surface area contributed by atoms with Crippen LogP contribution in [0.2, 0.25) is 0 Å². The number of rotatable bonds is 17. The van der Waals surface area contributed by atoms with E-state index < -0.39 is 0 Å². The van der Waals surface area contributed by atoms with Crippen LogP contribution in [0.15, 0.2) is 41.1 Å². The van der Waals surface area contributed by atoms with Crippen molar-refractivity contribution >= 4 is 22.3 Å². The predicted octanol–water partition coefficient (Wildman–Crippen LogP) is 8.75. The van der Waals surface area contributed by atoms with Gasteiger partial charge in [-0.3, -0.25) is 9.78 Å². The number of anilines is 1. The molecule has 0 amide bonds. The molecule has 0 aliphatic carbocycles. The Morgan fingerprint density at radius 3 is 2.23 bits per heavy atom. The molecule has 5 nitrogen and oxygen atoms in total. The minimum absolute atomic E-state index is 0.0927. The first-order valence-electron chi connectivity index (χ1n) is 13.4. The molecular formula is C29H41N3O2S. The number of furan rings is 1. The molecule has 35 heavy (non-hydrogen) atoms. The lowest BCUT2D eigenvalue weighted by atomic mass is 9.89. The minimum atomic E-state index is -0.295. The molecule has 3 heterocycles. The van der Waals surface area contributed by atoms with Gasteiger partial charge in [0.1, 0.15) is 5.69 Å². The van der Waals surface area contributed by atoms with E-state index in [1.165, 1.54) is 75.5 Å². The number of nitrogens with zero attached hydrogens (tertiary/aromatic N) is 2. The molecule has 0 aliphatic heterocycles. The Morgan fingerprint density at radius 1 is 0.971 bits per heavy atom. The van der Waals surface area contributed by atoms with Gasteiger partial charge in [0.25, 0.3) is 0 Å². The summed E-state index contributed by atoms with van der Waals surface area (Å²) in [5.74, 6) is 0.453. The summed E-state index contributed by atoms with van der Waals surface area (Å²) in [7, 11) is 0. The van der Waals surface area contributed by atoms with Gasteiger partial charge in [-0.1, -0.05) is 84.0 Å². The molecule has 0 aromatic carbocycles. The fraction of sp³-hybridized carbons (Fsp3) is 0.552. The molecule has 0 bridgehead atoms. The molecule has 2 N–H and O–H groups in total. The van der Waals surface area contributed by atoms with E-state index in [1.807, 2.05) is 31.2 Å². The van der Waals surface area contributed by atoms with Crippen LogP contribution in [0.5, 0.6) is 0 Å². The van der Waals surface area contributed by atoms with Gasteiger partial charge in [-0.05, 0) is 37.6 Å². The lowest BCUT2D eigenvalue weighted by molar-refractivity contribution is 0.0954. The third-order valence-electron chi connectivity index (χ3n) is 6.68. The van der Waals surface area contributed by atoms with Crippen LogP contribution >= 0.6 is 11.3 Å². The van der Waals surface area contributed by atoms with Crippen molar-refractivity contribution in [2.24, 2.45) is 0 Å². The molecular weight excluding hydrogens is 454 g/mol. The standard InChI is InChI=1S/C29H41N3O2S/c1-3-4-5-6-7-8-9-10-11-12-13-14-17-24(27(33)23-18-15-20-31-22(23)2)28-26(32-29(30)35-28)25-19-16-21-34-25/h15-16,18-21,24H,3-14,17H2,1-2H3,(H2,30,32). The van der Waals surface area contributed by atoms with Crippen LogP contribution < -0.4 is 5.73 Å². The SMILES string of the molecule is CCCCCCCCCCCCCCC(C(=O)c1cccnc1C)c1sc(N)nc1-c1ccco1. The molecule has 1 unspecified atom stereocenters. The maximum Gasteiger partial charge on any atom is 0.180 e. The Balaban J connectivity index is 1.56. The zero-order valence-corrected chi connectivity index (χ0v) is 22.2. The van der Waals surface area contributed by atoms with Crippen molar-refractivity contribution in [3.63, 3.8) is 0 Å². The summed E-state index contributed by atoms with van der Waals surface area (Å²) < 4.78 is 5.61. The highest BCUT2D eigenvalue weighted by molar-refractivity contribution is 7.16.